The molecule has 0 spiro atoms. The number of nitrogens with two attached hydrogens (primary N) is 2. The molecule has 0 radical (unpaired) electrons. The Bertz CT molecular complexity index is 512. The summed E-state index contributed by atoms with van der Waals surface area (Å²) >= 11 is 3.06. The highest BCUT2D eigenvalue weighted by Crippen LogP contribution is 2.44. The van der Waals surface area contributed by atoms with Crippen LogP contribution in [-0.4, -0.2) is 15.9 Å². The van der Waals surface area contributed by atoms with E-state index in [0.717, 1.165) is 5.01 Å². The van der Waals surface area contributed by atoms with Crippen molar-refractivity contribution < 1.29 is 13.2 Å². The summed E-state index contributed by atoms with van der Waals surface area (Å²) in [6, 6.07) is 7.99. The number of hydrogen-bond acceptors (Lipinski definition) is 4. The molecule has 0 saturated carbocycles. The van der Waals surface area contributed by atoms with Crippen LogP contribution in [0, 0.1) is 0 Å². The molecule has 1 aliphatic heterocycles. The van der Waals surface area contributed by atoms with E-state index in [9.17, 15) is 13.2 Å². The maximum Gasteiger partial charge on any atom is 0.503 e. The van der Waals surface area contributed by atoms with E-state index in [1.165, 1.54) is 19.1 Å². The van der Waals surface area contributed by atoms with Crippen LogP contribution < -0.4 is 16.5 Å². The van der Waals surface area contributed by atoms with Gasteiger partial charge in [0.15, 0.2) is 0 Å². The van der Waals surface area contributed by atoms with Crippen LogP contribution in [0.4, 0.5) is 18.9 Å². The number of hydrazine groups is 1. The molecule has 1 heterocycles. The van der Waals surface area contributed by atoms with Gasteiger partial charge >= 0.3 is 6.30 Å². The summed E-state index contributed by atoms with van der Waals surface area (Å²) in [7, 11) is 0. The zero-order valence-corrected chi connectivity index (χ0v) is 11.5. The highest BCUT2D eigenvalue weighted by molar-refractivity contribution is 9.10. The van der Waals surface area contributed by atoms with E-state index in [1.54, 1.807) is 18.2 Å². The van der Waals surface area contributed by atoms with Gasteiger partial charge in [0.25, 0.3) is 0 Å². The number of rotatable bonds is 1. The van der Waals surface area contributed by atoms with E-state index < -0.39 is 10.9 Å². The topological polar surface area (TPSA) is 58.5 Å². The molecule has 1 atom stereocenters. The van der Waals surface area contributed by atoms with Crippen molar-refractivity contribution in [3.8, 4) is 0 Å². The second kappa shape index (κ2) is 4.31. The predicted octanol–water partition coefficient (Wildman–Crippen LogP) is 2.44. The van der Waals surface area contributed by atoms with Crippen LogP contribution in [-0.2, 0) is 0 Å². The number of para-hydroxylation sites is 1. The van der Waals surface area contributed by atoms with E-state index in [2.05, 4.69) is 15.9 Å². The van der Waals surface area contributed by atoms with Crippen LogP contribution in [0.5, 0.6) is 0 Å². The fourth-order valence-corrected chi connectivity index (χ4v) is 2.60. The Balaban J connectivity index is 2.58. The normalized spacial score (nSPS) is 24.3. The first-order valence-corrected chi connectivity index (χ1v) is 6.13. The molecule has 104 valence electrons. The highest BCUT2D eigenvalue weighted by atomic mass is 79.9. The standard InChI is InChI=1S/C11H12BrF3N4/c1-7-9(16)10(12,17)19(18(7)11(13,14)15)8-5-3-2-4-6-8/h2-6H,16-17H2,1H3. The van der Waals surface area contributed by atoms with Crippen molar-refractivity contribution in [2.45, 2.75) is 17.8 Å². The maximum absolute atomic E-state index is 13.2. The molecule has 0 aromatic heterocycles. The fraction of sp³-hybridized carbons (Fsp3) is 0.273. The van der Waals surface area contributed by atoms with Gasteiger partial charge in [-0.1, -0.05) is 18.2 Å². The van der Waals surface area contributed by atoms with E-state index in [-0.39, 0.29) is 22.1 Å². The molecule has 19 heavy (non-hydrogen) atoms. The Morgan fingerprint density at radius 1 is 1.21 bits per heavy atom. The van der Waals surface area contributed by atoms with Crippen molar-refractivity contribution in [1.82, 2.24) is 5.01 Å². The van der Waals surface area contributed by atoms with E-state index >= 15 is 0 Å². The van der Waals surface area contributed by atoms with Crippen LogP contribution in [0.1, 0.15) is 6.92 Å². The smallest absolute Gasteiger partial charge is 0.397 e. The van der Waals surface area contributed by atoms with Gasteiger partial charge in [0.2, 0.25) is 4.57 Å². The molecule has 0 saturated heterocycles. The molecule has 1 aromatic carbocycles. The molecule has 1 aromatic rings. The second-order valence-electron chi connectivity index (χ2n) is 4.10. The number of halogens is 4. The Morgan fingerprint density at radius 2 is 1.74 bits per heavy atom. The van der Waals surface area contributed by atoms with Gasteiger partial charge in [-0.3, -0.25) is 5.73 Å². The van der Waals surface area contributed by atoms with Crippen LogP contribution in [0.3, 0.4) is 0 Å². The summed E-state index contributed by atoms with van der Waals surface area (Å²) in [4.78, 5) is 0. The van der Waals surface area contributed by atoms with Gasteiger partial charge in [0, 0.05) is 0 Å². The molecule has 1 unspecified atom stereocenters. The lowest BCUT2D eigenvalue weighted by Gasteiger charge is -2.39. The summed E-state index contributed by atoms with van der Waals surface area (Å²) in [5, 5.41) is 1.00. The van der Waals surface area contributed by atoms with E-state index in [1.807, 2.05) is 0 Å². The number of nitrogens with zero attached hydrogens (tertiary/aromatic N) is 2. The second-order valence-corrected chi connectivity index (χ2v) is 5.31. The molecule has 4 N–H and O–H groups in total. The Hall–Kier alpha value is -1.41. The Morgan fingerprint density at radius 3 is 2.21 bits per heavy atom. The van der Waals surface area contributed by atoms with Gasteiger partial charge in [-0.2, -0.15) is 5.01 Å². The summed E-state index contributed by atoms with van der Waals surface area (Å²) in [6.07, 6.45) is -4.63. The third-order valence-electron chi connectivity index (χ3n) is 2.83. The largest absolute Gasteiger partial charge is 0.503 e. The summed E-state index contributed by atoms with van der Waals surface area (Å²) < 4.78 is 37.9. The van der Waals surface area contributed by atoms with Gasteiger partial charge in [-0.15, -0.1) is 13.2 Å². The zero-order chi connectivity index (χ0) is 14.4. The molecule has 0 aliphatic carbocycles. The van der Waals surface area contributed by atoms with E-state index in [4.69, 9.17) is 11.5 Å². The van der Waals surface area contributed by atoms with Gasteiger partial charge in [0.1, 0.15) is 0 Å². The summed E-state index contributed by atoms with van der Waals surface area (Å²) in [5.41, 5.74) is 11.6. The minimum Gasteiger partial charge on any atom is -0.397 e. The third-order valence-corrected chi connectivity index (χ3v) is 3.60. The number of hydrogen-bond donors (Lipinski definition) is 2. The molecule has 0 amide bonds. The quantitative estimate of drug-likeness (QED) is 0.611. The SMILES string of the molecule is CC1=C(N)C(N)(Br)N(c2ccccc2)N1C(F)(F)F. The van der Waals surface area contributed by atoms with Gasteiger partial charge in [0.05, 0.1) is 17.1 Å². The first-order valence-electron chi connectivity index (χ1n) is 5.34. The van der Waals surface area contributed by atoms with Crippen molar-refractivity contribution in [3.63, 3.8) is 0 Å². The summed E-state index contributed by atoms with van der Waals surface area (Å²) in [6.45, 7) is 1.27. The fourth-order valence-electron chi connectivity index (χ4n) is 1.95. The summed E-state index contributed by atoms with van der Waals surface area (Å²) in [5.74, 6) is 0. The van der Waals surface area contributed by atoms with Gasteiger partial charge in [-0.25, -0.2) is 5.01 Å². The first kappa shape index (κ1) is 14.0. The van der Waals surface area contributed by atoms with Gasteiger partial charge in [-0.05, 0) is 35.0 Å². The lowest BCUT2D eigenvalue weighted by atomic mass is 10.3. The van der Waals surface area contributed by atoms with Crippen molar-refractivity contribution in [3.05, 3.63) is 41.7 Å². The molecule has 0 bridgehead atoms. The van der Waals surface area contributed by atoms with Crippen molar-refractivity contribution in [1.29, 1.82) is 0 Å². The molecule has 4 nitrogen and oxygen atoms in total. The number of alkyl halides is 4. The third kappa shape index (κ3) is 2.14. The number of allylic oxidation sites excluding steroid dienone is 1. The lowest BCUT2D eigenvalue weighted by Crippen LogP contribution is -2.58. The average molecular weight is 337 g/mol. The average Bonchev–Trinajstić information content (AvgIpc) is 2.50. The highest BCUT2D eigenvalue weighted by Gasteiger charge is 2.55. The van der Waals surface area contributed by atoms with Crippen molar-refractivity contribution in [2.24, 2.45) is 11.5 Å². The van der Waals surface area contributed by atoms with Crippen LogP contribution in [0.15, 0.2) is 41.7 Å². The number of anilines is 1. The predicted molar refractivity (Wildman–Crippen MR) is 69.5 cm³/mol. The maximum atomic E-state index is 13.2. The molecule has 8 heteroatoms. The van der Waals surface area contributed by atoms with Crippen LogP contribution in [0.2, 0.25) is 0 Å². The van der Waals surface area contributed by atoms with Crippen LogP contribution >= 0.6 is 15.9 Å². The van der Waals surface area contributed by atoms with Crippen LogP contribution in [0.25, 0.3) is 0 Å². The monoisotopic (exact) mass is 336 g/mol. The Kier molecular flexibility index (Phi) is 3.18. The Labute approximate surface area is 116 Å². The molecule has 0 fully saturated rings. The molecule has 1 aliphatic rings. The number of benzene rings is 1. The molecular formula is C11H12BrF3N4. The first-order chi connectivity index (χ1) is 8.67. The molecular weight excluding hydrogens is 325 g/mol. The van der Waals surface area contributed by atoms with E-state index in [0.29, 0.717) is 0 Å². The lowest BCUT2D eigenvalue weighted by molar-refractivity contribution is -0.234. The minimum absolute atomic E-state index is 0.0892. The zero-order valence-electron chi connectivity index (χ0n) is 9.95. The minimum atomic E-state index is -4.63. The van der Waals surface area contributed by atoms with Crippen molar-refractivity contribution in [2.75, 3.05) is 5.01 Å². The van der Waals surface area contributed by atoms with Crippen molar-refractivity contribution >= 4 is 21.6 Å². The molecule has 2 rings (SSSR count). The van der Waals surface area contributed by atoms with Gasteiger partial charge < -0.3 is 5.73 Å².